The summed E-state index contributed by atoms with van der Waals surface area (Å²) in [4.78, 5) is 25.7. The minimum Gasteiger partial charge on any atom is -0.351 e. The highest BCUT2D eigenvalue weighted by Crippen LogP contribution is 2.30. The molecule has 0 aliphatic carbocycles. The molecule has 0 saturated carbocycles. The molecule has 4 rings (SSSR count). The van der Waals surface area contributed by atoms with E-state index in [2.05, 4.69) is 31.9 Å². The van der Waals surface area contributed by atoms with Crippen molar-refractivity contribution in [3.8, 4) is 0 Å². The molecule has 0 radical (unpaired) electrons. The molecule has 0 bridgehead atoms. The monoisotopic (exact) mass is 326 g/mol. The van der Waals surface area contributed by atoms with E-state index in [-0.39, 0.29) is 11.6 Å². The third kappa shape index (κ3) is 2.80. The van der Waals surface area contributed by atoms with E-state index in [0.29, 0.717) is 6.54 Å². The summed E-state index contributed by atoms with van der Waals surface area (Å²) in [6.07, 6.45) is 6.49. The van der Waals surface area contributed by atoms with Crippen LogP contribution in [0.2, 0.25) is 0 Å². The van der Waals surface area contributed by atoms with Gasteiger partial charge in [-0.15, -0.1) is 0 Å². The fourth-order valence-corrected chi connectivity index (χ4v) is 3.74. The van der Waals surface area contributed by atoms with Crippen LogP contribution in [-0.2, 0) is 19.5 Å². The molecule has 0 spiro atoms. The van der Waals surface area contributed by atoms with Gasteiger partial charge in [-0.25, -0.2) is 14.6 Å². The molecule has 1 unspecified atom stereocenters. The van der Waals surface area contributed by atoms with Crippen LogP contribution < -0.4 is 10.5 Å². The molecule has 0 aromatic carbocycles. The minimum atomic E-state index is -0.0474. The Morgan fingerprint density at radius 1 is 1.29 bits per heavy atom. The van der Waals surface area contributed by atoms with Crippen molar-refractivity contribution in [1.82, 2.24) is 24.6 Å². The minimum absolute atomic E-state index is 0.0474. The van der Waals surface area contributed by atoms with Gasteiger partial charge in [0.15, 0.2) is 0 Å². The Kier molecular flexibility index (Phi) is 4.02. The van der Waals surface area contributed by atoms with E-state index in [0.717, 1.165) is 44.7 Å². The first-order chi connectivity index (χ1) is 11.7. The van der Waals surface area contributed by atoms with Crippen molar-refractivity contribution in [1.29, 1.82) is 0 Å². The first-order valence-electron chi connectivity index (χ1n) is 8.52. The van der Waals surface area contributed by atoms with Gasteiger partial charge in [-0.1, -0.05) is 0 Å². The normalized spacial score (nSPS) is 21.0. The van der Waals surface area contributed by atoms with Crippen LogP contribution in [0.3, 0.4) is 0 Å². The van der Waals surface area contributed by atoms with Crippen LogP contribution in [0.1, 0.15) is 24.1 Å². The van der Waals surface area contributed by atoms with Crippen LogP contribution in [-0.4, -0.2) is 50.8 Å². The quantitative estimate of drug-likeness (QED) is 0.827. The topological polar surface area (TPSA) is 67.2 Å². The lowest BCUT2D eigenvalue weighted by Gasteiger charge is -2.31. The smallest absolute Gasteiger partial charge is 0.266 e. The maximum absolute atomic E-state index is 12.0. The summed E-state index contributed by atoms with van der Waals surface area (Å²) in [6.45, 7) is 3.50. The summed E-state index contributed by atoms with van der Waals surface area (Å²) in [5.74, 6) is 1.04. The number of rotatable bonds is 3. The second-order valence-electron chi connectivity index (χ2n) is 6.64. The SMILES string of the molecule is CN1CCc2ncnc(N3CCCC3Cn3ncccc3=O)c2C1. The van der Waals surface area contributed by atoms with Gasteiger partial charge in [0, 0.05) is 43.9 Å². The highest BCUT2D eigenvalue weighted by atomic mass is 16.1. The van der Waals surface area contributed by atoms with Gasteiger partial charge in [-0.05, 0) is 26.0 Å². The number of fused-ring (bicyclic) bond motifs is 1. The molecule has 4 heterocycles. The Bertz CT molecular complexity index is 789. The van der Waals surface area contributed by atoms with Gasteiger partial charge < -0.3 is 9.80 Å². The Morgan fingerprint density at radius 2 is 2.21 bits per heavy atom. The van der Waals surface area contributed by atoms with Crippen LogP contribution in [0.15, 0.2) is 29.5 Å². The van der Waals surface area contributed by atoms with Gasteiger partial charge in [0.25, 0.3) is 5.56 Å². The third-order valence-electron chi connectivity index (χ3n) is 4.99. The molecule has 0 amide bonds. The summed E-state index contributed by atoms with van der Waals surface area (Å²) >= 11 is 0. The number of likely N-dealkylation sites (N-methyl/N-ethyl adjacent to an activating group) is 1. The van der Waals surface area contributed by atoms with Crippen molar-refractivity contribution in [2.75, 3.05) is 25.0 Å². The standard InChI is InChI=1S/C17H22N6O/c1-21-9-6-15-14(11-21)17(19-12-18-15)22-8-3-4-13(22)10-23-16(24)5-2-7-20-23/h2,5,7,12-13H,3-4,6,8-11H2,1H3. The number of nitrogens with zero attached hydrogens (tertiary/aromatic N) is 6. The largest absolute Gasteiger partial charge is 0.351 e. The second-order valence-corrected chi connectivity index (χ2v) is 6.64. The number of anilines is 1. The lowest BCUT2D eigenvalue weighted by Crippen LogP contribution is -2.39. The number of hydrogen-bond donors (Lipinski definition) is 0. The molecule has 1 saturated heterocycles. The van der Waals surface area contributed by atoms with Gasteiger partial charge in [0.2, 0.25) is 0 Å². The van der Waals surface area contributed by atoms with Crippen LogP contribution in [0.4, 0.5) is 5.82 Å². The van der Waals surface area contributed by atoms with Crippen molar-refractivity contribution >= 4 is 5.82 Å². The maximum Gasteiger partial charge on any atom is 0.266 e. The van der Waals surface area contributed by atoms with Crippen LogP contribution >= 0.6 is 0 Å². The Hall–Kier alpha value is -2.28. The first-order valence-corrected chi connectivity index (χ1v) is 8.52. The second kappa shape index (κ2) is 6.32. The van der Waals surface area contributed by atoms with E-state index >= 15 is 0 Å². The van der Waals surface area contributed by atoms with Crippen molar-refractivity contribution in [3.63, 3.8) is 0 Å². The molecule has 2 aliphatic rings. The fourth-order valence-electron chi connectivity index (χ4n) is 3.74. The number of aromatic nitrogens is 4. The van der Waals surface area contributed by atoms with Gasteiger partial charge in [0.05, 0.1) is 18.3 Å². The molecular weight excluding hydrogens is 304 g/mol. The van der Waals surface area contributed by atoms with Crippen LogP contribution in [0.25, 0.3) is 0 Å². The van der Waals surface area contributed by atoms with Crippen LogP contribution in [0.5, 0.6) is 0 Å². The van der Waals surface area contributed by atoms with E-state index in [1.807, 2.05) is 0 Å². The summed E-state index contributed by atoms with van der Waals surface area (Å²) in [5, 5.41) is 4.21. The summed E-state index contributed by atoms with van der Waals surface area (Å²) < 4.78 is 1.56. The van der Waals surface area contributed by atoms with Gasteiger partial charge >= 0.3 is 0 Å². The van der Waals surface area contributed by atoms with Gasteiger partial charge in [-0.3, -0.25) is 4.79 Å². The lowest BCUT2D eigenvalue weighted by atomic mass is 10.1. The molecule has 2 aliphatic heterocycles. The maximum atomic E-state index is 12.0. The fraction of sp³-hybridized carbons (Fsp3) is 0.529. The Labute approximate surface area is 140 Å². The highest BCUT2D eigenvalue weighted by molar-refractivity contribution is 5.51. The van der Waals surface area contributed by atoms with Gasteiger partial charge in [0.1, 0.15) is 12.1 Å². The molecule has 126 valence electrons. The van der Waals surface area contributed by atoms with E-state index in [1.165, 1.54) is 11.3 Å². The van der Waals surface area contributed by atoms with E-state index < -0.39 is 0 Å². The average molecular weight is 326 g/mol. The average Bonchev–Trinajstić information content (AvgIpc) is 3.04. The molecule has 7 nitrogen and oxygen atoms in total. The highest BCUT2D eigenvalue weighted by Gasteiger charge is 2.30. The van der Waals surface area contributed by atoms with Crippen LogP contribution in [0, 0.1) is 0 Å². The molecule has 1 fully saturated rings. The van der Waals surface area contributed by atoms with E-state index in [1.54, 1.807) is 29.3 Å². The molecule has 24 heavy (non-hydrogen) atoms. The van der Waals surface area contributed by atoms with Crippen molar-refractivity contribution in [2.24, 2.45) is 0 Å². The predicted octanol–water partition coefficient (Wildman–Crippen LogP) is 0.690. The van der Waals surface area contributed by atoms with Gasteiger partial charge in [-0.2, -0.15) is 5.10 Å². The molecular formula is C17H22N6O. The Balaban J connectivity index is 1.64. The lowest BCUT2D eigenvalue weighted by molar-refractivity contribution is 0.309. The summed E-state index contributed by atoms with van der Waals surface area (Å²) in [5.41, 5.74) is 2.36. The first kappa shape index (κ1) is 15.3. The zero-order chi connectivity index (χ0) is 16.5. The molecule has 0 N–H and O–H groups in total. The predicted molar refractivity (Wildman–Crippen MR) is 90.9 cm³/mol. The van der Waals surface area contributed by atoms with Crippen molar-refractivity contribution in [3.05, 3.63) is 46.3 Å². The molecule has 2 aromatic heterocycles. The number of hydrogen-bond acceptors (Lipinski definition) is 6. The molecule has 2 aromatic rings. The summed E-state index contributed by atoms with van der Waals surface area (Å²) in [7, 11) is 2.13. The molecule has 1 atom stereocenters. The van der Waals surface area contributed by atoms with E-state index in [9.17, 15) is 4.79 Å². The molecule has 7 heteroatoms. The zero-order valence-corrected chi connectivity index (χ0v) is 13.9. The zero-order valence-electron chi connectivity index (χ0n) is 13.9. The third-order valence-corrected chi connectivity index (χ3v) is 4.99. The Morgan fingerprint density at radius 3 is 3.08 bits per heavy atom. The van der Waals surface area contributed by atoms with Crippen molar-refractivity contribution in [2.45, 2.75) is 38.4 Å². The summed E-state index contributed by atoms with van der Waals surface area (Å²) in [6, 6.07) is 3.50. The van der Waals surface area contributed by atoms with Crippen molar-refractivity contribution < 1.29 is 0 Å². The van der Waals surface area contributed by atoms with E-state index in [4.69, 9.17) is 0 Å².